The van der Waals surface area contributed by atoms with Crippen LogP contribution < -0.4 is 0 Å². The fraction of sp³-hybridized carbons (Fsp3) is 0.0811. The minimum Gasteiger partial charge on any atom is -0.278 e. The first-order chi connectivity index (χ1) is 19.6. The van der Waals surface area contributed by atoms with Crippen LogP contribution in [0.25, 0.3) is 67.0 Å². The molecule has 0 fully saturated rings. The van der Waals surface area contributed by atoms with E-state index in [1.165, 1.54) is 38.2 Å². The second kappa shape index (κ2) is 8.49. The molecule has 0 atom stereocenters. The Morgan fingerprint density at radius 2 is 1.18 bits per heavy atom. The van der Waals surface area contributed by atoms with Crippen molar-refractivity contribution in [2.24, 2.45) is 0 Å². The van der Waals surface area contributed by atoms with Crippen LogP contribution in [0.4, 0.5) is 0 Å². The van der Waals surface area contributed by atoms with Gasteiger partial charge in [-0.3, -0.25) is 4.57 Å². The maximum atomic E-state index is 5.32. The van der Waals surface area contributed by atoms with Crippen LogP contribution in [0.3, 0.4) is 0 Å². The van der Waals surface area contributed by atoms with Crippen molar-refractivity contribution in [3.05, 3.63) is 133 Å². The highest BCUT2D eigenvalue weighted by Gasteiger charge is 2.32. The van der Waals surface area contributed by atoms with Crippen molar-refractivity contribution in [1.82, 2.24) is 14.5 Å². The zero-order chi connectivity index (χ0) is 26.8. The van der Waals surface area contributed by atoms with Crippen LogP contribution in [0.2, 0.25) is 0 Å². The normalized spacial score (nSPS) is 13.8. The molecule has 1 aliphatic carbocycles. The zero-order valence-corrected chi connectivity index (χ0v) is 22.5. The Bertz CT molecular complexity index is 2070. The van der Waals surface area contributed by atoms with Gasteiger partial charge in [0.25, 0.3) is 0 Å². The van der Waals surface area contributed by atoms with Gasteiger partial charge in [-0.2, -0.15) is 0 Å². The number of benzene rings is 5. The SMILES string of the molecule is CC1(C)C=Cc2nc(-n3c4ccccc4c4ccccc43)nc(-c3ccc(-c4cccc5ccccc45)cc3)c21. The molecule has 0 aliphatic heterocycles. The molecule has 40 heavy (non-hydrogen) atoms. The van der Waals surface area contributed by atoms with Gasteiger partial charge in [-0.1, -0.05) is 123 Å². The fourth-order valence-corrected chi connectivity index (χ4v) is 6.32. The standard InChI is InChI=1S/C37H27N3/c1-37(2)23-22-31-34(37)35(26-20-18-25(19-21-26)28-15-9-11-24-10-3-4-12-27(24)28)39-36(38-31)40-32-16-7-5-13-29(32)30-14-6-8-17-33(30)40/h3-23H,1-2H3. The highest BCUT2D eigenvalue weighted by atomic mass is 15.2. The number of allylic oxidation sites excluding steroid dienone is 1. The molecular weight excluding hydrogens is 486 g/mol. The van der Waals surface area contributed by atoms with Gasteiger partial charge in [0.05, 0.1) is 22.4 Å². The van der Waals surface area contributed by atoms with E-state index in [2.05, 4.69) is 146 Å². The smallest absolute Gasteiger partial charge is 0.235 e. The topological polar surface area (TPSA) is 30.7 Å². The molecule has 0 unspecified atom stereocenters. The molecule has 3 nitrogen and oxygen atoms in total. The lowest BCUT2D eigenvalue weighted by Gasteiger charge is -2.22. The highest BCUT2D eigenvalue weighted by Crippen LogP contribution is 2.42. The summed E-state index contributed by atoms with van der Waals surface area (Å²) in [6.45, 7) is 4.49. The first-order valence-electron chi connectivity index (χ1n) is 13.8. The van der Waals surface area contributed by atoms with E-state index in [1.807, 2.05) is 0 Å². The molecule has 0 saturated heterocycles. The van der Waals surface area contributed by atoms with Crippen LogP contribution in [-0.4, -0.2) is 14.5 Å². The van der Waals surface area contributed by atoms with Crippen LogP contribution >= 0.6 is 0 Å². The number of aromatic nitrogens is 3. The van der Waals surface area contributed by atoms with E-state index < -0.39 is 0 Å². The molecule has 0 bridgehead atoms. The van der Waals surface area contributed by atoms with Crippen molar-refractivity contribution in [2.75, 3.05) is 0 Å². The predicted molar refractivity (Wildman–Crippen MR) is 167 cm³/mol. The predicted octanol–water partition coefficient (Wildman–Crippen LogP) is 9.37. The van der Waals surface area contributed by atoms with E-state index in [0.717, 1.165) is 28.0 Å². The van der Waals surface area contributed by atoms with E-state index in [4.69, 9.17) is 9.97 Å². The second-order valence-electron chi connectivity index (χ2n) is 11.2. The number of hydrogen-bond acceptors (Lipinski definition) is 2. The average Bonchev–Trinajstić information content (AvgIpc) is 3.50. The molecule has 3 heteroatoms. The summed E-state index contributed by atoms with van der Waals surface area (Å²) in [6, 6.07) is 41.0. The van der Waals surface area contributed by atoms with Crippen LogP contribution in [0.5, 0.6) is 0 Å². The molecule has 0 saturated carbocycles. The largest absolute Gasteiger partial charge is 0.278 e. The van der Waals surface area contributed by atoms with Crippen LogP contribution in [-0.2, 0) is 5.41 Å². The number of fused-ring (bicyclic) bond motifs is 5. The first kappa shape index (κ1) is 22.9. The Morgan fingerprint density at radius 1 is 0.575 bits per heavy atom. The summed E-state index contributed by atoms with van der Waals surface area (Å²) in [5.74, 6) is 0.701. The van der Waals surface area contributed by atoms with E-state index in [-0.39, 0.29) is 5.41 Å². The summed E-state index contributed by atoms with van der Waals surface area (Å²) in [6.07, 6.45) is 4.40. The van der Waals surface area contributed by atoms with Crippen molar-refractivity contribution in [2.45, 2.75) is 19.3 Å². The molecule has 0 spiro atoms. The lowest BCUT2D eigenvalue weighted by atomic mass is 9.85. The summed E-state index contributed by atoms with van der Waals surface area (Å²) in [5.41, 5.74) is 8.77. The molecule has 5 aromatic carbocycles. The number of rotatable bonds is 3. The summed E-state index contributed by atoms with van der Waals surface area (Å²) in [5, 5.41) is 4.93. The number of para-hydroxylation sites is 2. The molecule has 0 N–H and O–H groups in total. The lowest BCUT2D eigenvalue weighted by Crippen LogP contribution is -2.16. The third-order valence-corrected chi connectivity index (χ3v) is 8.27. The van der Waals surface area contributed by atoms with Crippen molar-refractivity contribution >= 4 is 38.7 Å². The van der Waals surface area contributed by atoms with Crippen molar-refractivity contribution in [3.63, 3.8) is 0 Å². The molecule has 190 valence electrons. The zero-order valence-electron chi connectivity index (χ0n) is 22.5. The number of nitrogens with zero attached hydrogens (tertiary/aromatic N) is 3. The highest BCUT2D eigenvalue weighted by molar-refractivity contribution is 6.09. The van der Waals surface area contributed by atoms with Crippen molar-refractivity contribution in [3.8, 4) is 28.3 Å². The van der Waals surface area contributed by atoms with Gasteiger partial charge in [-0.05, 0) is 40.1 Å². The van der Waals surface area contributed by atoms with E-state index in [0.29, 0.717) is 5.95 Å². The minimum absolute atomic E-state index is 0.154. The third-order valence-electron chi connectivity index (χ3n) is 8.27. The molecule has 7 aromatic rings. The van der Waals surface area contributed by atoms with Crippen LogP contribution in [0, 0.1) is 0 Å². The molecule has 0 radical (unpaired) electrons. The first-order valence-corrected chi connectivity index (χ1v) is 13.8. The Kier molecular flexibility index (Phi) is 4.86. The van der Waals surface area contributed by atoms with Gasteiger partial charge >= 0.3 is 0 Å². The van der Waals surface area contributed by atoms with Crippen LogP contribution in [0.15, 0.2) is 121 Å². The van der Waals surface area contributed by atoms with Gasteiger partial charge in [-0.15, -0.1) is 0 Å². The maximum absolute atomic E-state index is 5.32. The Morgan fingerprint density at radius 3 is 1.90 bits per heavy atom. The van der Waals surface area contributed by atoms with Crippen LogP contribution in [0.1, 0.15) is 25.1 Å². The monoisotopic (exact) mass is 513 g/mol. The van der Waals surface area contributed by atoms with Gasteiger partial charge in [-0.25, -0.2) is 9.97 Å². The summed E-state index contributed by atoms with van der Waals surface area (Å²) in [7, 11) is 0. The quantitative estimate of drug-likeness (QED) is 0.236. The Hall–Kier alpha value is -5.02. The Labute approximate surface area is 233 Å². The molecule has 2 aromatic heterocycles. The summed E-state index contributed by atoms with van der Waals surface area (Å²) < 4.78 is 2.21. The molecule has 2 heterocycles. The summed E-state index contributed by atoms with van der Waals surface area (Å²) >= 11 is 0. The second-order valence-corrected chi connectivity index (χ2v) is 11.2. The minimum atomic E-state index is -0.154. The number of hydrogen-bond donors (Lipinski definition) is 0. The van der Waals surface area contributed by atoms with Gasteiger partial charge in [0.2, 0.25) is 5.95 Å². The Balaban J connectivity index is 1.34. The molecule has 0 amide bonds. The van der Waals surface area contributed by atoms with E-state index in [1.54, 1.807) is 0 Å². The lowest BCUT2D eigenvalue weighted by molar-refractivity contribution is 0.677. The van der Waals surface area contributed by atoms with Gasteiger partial charge < -0.3 is 0 Å². The van der Waals surface area contributed by atoms with E-state index in [9.17, 15) is 0 Å². The van der Waals surface area contributed by atoms with E-state index >= 15 is 0 Å². The average molecular weight is 514 g/mol. The van der Waals surface area contributed by atoms with Crippen molar-refractivity contribution < 1.29 is 0 Å². The fourth-order valence-electron chi connectivity index (χ4n) is 6.32. The third kappa shape index (κ3) is 3.37. The van der Waals surface area contributed by atoms with Crippen molar-refractivity contribution in [1.29, 1.82) is 0 Å². The van der Waals surface area contributed by atoms with Gasteiger partial charge in [0, 0.05) is 27.3 Å². The molecule has 1 aliphatic rings. The van der Waals surface area contributed by atoms with Gasteiger partial charge in [0.1, 0.15) is 0 Å². The summed E-state index contributed by atoms with van der Waals surface area (Å²) in [4.78, 5) is 10.5. The molecule has 8 rings (SSSR count). The maximum Gasteiger partial charge on any atom is 0.235 e. The van der Waals surface area contributed by atoms with Gasteiger partial charge in [0.15, 0.2) is 0 Å². The molecular formula is C37H27N3.